The van der Waals surface area contributed by atoms with Gasteiger partial charge in [0.15, 0.2) is 0 Å². The predicted molar refractivity (Wildman–Crippen MR) is 88.0 cm³/mol. The number of nitrogens with zero attached hydrogens (tertiary/aromatic N) is 1. The van der Waals surface area contributed by atoms with E-state index in [1.807, 2.05) is 30.5 Å². The van der Waals surface area contributed by atoms with E-state index < -0.39 is 0 Å². The van der Waals surface area contributed by atoms with Crippen LogP contribution in [0.3, 0.4) is 0 Å². The van der Waals surface area contributed by atoms with Gasteiger partial charge in [0.2, 0.25) is 0 Å². The first-order chi connectivity index (χ1) is 10.3. The third-order valence-corrected chi connectivity index (χ3v) is 4.28. The molecule has 0 aliphatic heterocycles. The van der Waals surface area contributed by atoms with Crippen LogP contribution in [0, 0.1) is 0 Å². The van der Waals surface area contributed by atoms with Crippen molar-refractivity contribution in [1.29, 1.82) is 0 Å². The molecule has 0 aliphatic carbocycles. The van der Waals surface area contributed by atoms with Gasteiger partial charge in [-0.25, -0.2) is 0 Å². The summed E-state index contributed by atoms with van der Waals surface area (Å²) in [4.78, 5) is 11.5. The van der Waals surface area contributed by atoms with Crippen molar-refractivity contribution in [3.8, 4) is 0 Å². The number of para-hydroxylation sites is 1. The monoisotopic (exact) mass is 291 g/mol. The van der Waals surface area contributed by atoms with Crippen LogP contribution >= 0.6 is 11.6 Å². The molecule has 0 saturated heterocycles. The number of fused-ring (bicyclic) bond motifs is 7. The average Bonchev–Trinajstić information content (AvgIpc) is 3.03. The second-order valence-electron chi connectivity index (χ2n) is 5.26. The number of pyridine rings is 1. The zero-order valence-corrected chi connectivity index (χ0v) is 11.7. The van der Waals surface area contributed by atoms with Crippen molar-refractivity contribution < 1.29 is 0 Å². The first-order valence-corrected chi connectivity index (χ1v) is 7.15. The molecule has 0 bridgehead atoms. The van der Waals surface area contributed by atoms with Crippen molar-refractivity contribution in [3.63, 3.8) is 0 Å². The van der Waals surface area contributed by atoms with E-state index in [-0.39, 0.29) is 0 Å². The molecule has 2 aromatic carbocycles. The van der Waals surface area contributed by atoms with Crippen LogP contribution in [0.2, 0.25) is 5.02 Å². The van der Waals surface area contributed by atoms with Crippen LogP contribution in [0.5, 0.6) is 0 Å². The quantitative estimate of drug-likeness (QED) is 0.414. The van der Waals surface area contributed by atoms with Gasteiger partial charge >= 0.3 is 0 Å². The van der Waals surface area contributed by atoms with Crippen LogP contribution in [-0.2, 0) is 0 Å². The normalized spacial score (nSPS) is 12.0. The van der Waals surface area contributed by atoms with Crippen LogP contribution in [0.25, 0.3) is 43.7 Å². The van der Waals surface area contributed by atoms with Gasteiger partial charge < -0.3 is 9.97 Å². The Balaban J connectivity index is 2.10. The fourth-order valence-electron chi connectivity index (χ4n) is 3.13. The maximum atomic E-state index is 6.09. The SMILES string of the molecule is Clc1ccc2c(c1)[nH]c1c2ncc2[nH]c3ccccc3c21. The number of rotatable bonds is 0. The molecule has 0 unspecified atom stereocenters. The van der Waals surface area contributed by atoms with Crippen LogP contribution in [-0.4, -0.2) is 15.0 Å². The number of aromatic nitrogens is 3. The van der Waals surface area contributed by atoms with E-state index in [0.717, 1.165) is 38.0 Å². The molecule has 2 N–H and O–H groups in total. The molecule has 3 heterocycles. The maximum absolute atomic E-state index is 6.09. The van der Waals surface area contributed by atoms with Crippen LogP contribution in [0.4, 0.5) is 0 Å². The van der Waals surface area contributed by atoms with Crippen molar-refractivity contribution in [1.82, 2.24) is 15.0 Å². The van der Waals surface area contributed by atoms with Crippen LogP contribution in [0.15, 0.2) is 48.7 Å². The van der Waals surface area contributed by atoms with E-state index in [4.69, 9.17) is 11.6 Å². The summed E-state index contributed by atoms with van der Waals surface area (Å²) in [6.07, 6.45) is 1.90. The third-order valence-electron chi connectivity index (χ3n) is 4.04. The van der Waals surface area contributed by atoms with E-state index >= 15 is 0 Å². The lowest BCUT2D eigenvalue weighted by atomic mass is 10.1. The highest BCUT2D eigenvalue weighted by Crippen LogP contribution is 2.34. The number of benzene rings is 2. The van der Waals surface area contributed by atoms with Gasteiger partial charge in [0.25, 0.3) is 0 Å². The highest BCUT2D eigenvalue weighted by atomic mass is 35.5. The lowest BCUT2D eigenvalue weighted by molar-refractivity contribution is 1.42. The van der Waals surface area contributed by atoms with Crippen molar-refractivity contribution in [2.75, 3.05) is 0 Å². The third kappa shape index (κ3) is 1.41. The molecule has 0 amide bonds. The Morgan fingerprint density at radius 2 is 1.76 bits per heavy atom. The molecular formula is C17H10ClN3. The molecule has 0 spiro atoms. The van der Waals surface area contributed by atoms with Gasteiger partial charge in [-0.3, -0.25) is 4.98 Å². The number of hydrogen-bond acceptors (Lipinski definition) is 1. The summed E-state index contributed by atoms with van der Waals surface area (Å²) in [5.74, 6) is 0. The standard InChI is InChI=1S/C17H10ClN3/c18-9-5-6-11-13(7-9)21-17-15-10-3-1-2-4-12(10)20-14(15)8-19-16(11)17/h1-8,20-21H. The fourth-order valence-corrected chi connectivity index (χ4v) is 3.30. The summed E-state index contributed by atoms with van der Waals surface area (Å²) in [5, 5.41) is 4.21. The minimum absolute atomic E-state index is 0.726. The number of H-pyrrole nitrogens is 2. The molecule has 5 aromatic rings. The largest absolute Gasteiger partial charge is 0.353 e. The Labute approximate surface area is 124 Å². The second kappa shape index (κ2) is 3.77. The predicted octanol–water partition coefficient (Wildman–Crippen LogP) is 5.00. The van der Waals surface area contributed by atoms with Gasteiger partial charge in [-0.15, -0.1) is 0 Å². The smallest absolute Gasteiger partial charge is 0.0965 e. The summed E-state index contributed by atoms with van der Waals surface area (Å²) in [6, 6.07) is 14.2. The zero-order valence-electron chi connectivity index (χ0n) is 10.9. The summed E-state index contributed by atoms with van der Waals surface area (Å²) < 4.78 is 0. The molecule has 3 nitrogen and oxygen atoms in total. The molecule has 0 saturated carbocycles. The van der Waals surface area contributed by atoms with E-state index in [1.165, 1.54) is 10.8 Å². The van der Waals surface area contributed by atoms with Gasteiger partial charge in [-0.1, -0.05) is 29.8 Å². The van der Waals surface area contributed by atoms with Gasteiger partial charge in [0, 0.05) is 32.2 Å². The minimum Gasteiger partial charge on any atom is -0.353 e. The second-order valence-corrected chi connectivity index (χ2v) is 5.69. The highest BCUT2D eigenvalue weighted by molar-refractivity contribution is 6.32. The van der Waals surface area contributed by atoms with Crippen molar-refractivity contribution in [3.05, 3.63) is 53.7 Å². The molecule has 0 fully saturated rings. The Hall–Kier alpha value is -2.52. The van der Waals surface area contributed by atoms with Gasteiger partial charge in [0.05, 0.1) is 22.7 Å². The first kappa shape index (κ1) is 11.2. The molecule has 21 heavy (non-hydrogen) atoms. The van der Waals surface area contributed by atoms with Crippen molar-refractivity contribution in [2.45, 2.75) is 0 Å². The van der Waals surface area contributed by atoms with Crippen LogP contribution < -0.4 is 0 Å². The maximum Gasteiger partial charge on any atom is 0.0965 e. The molecule has 5 rings (SSSR count). The first-order valence-electron chi connectivity index (χ1n) is 6.77. The average molecular weight is 292 g/mol. The summed E-state index contributed by atoms with van der Waals surface area (Å²) in [6.45, 7) is 0. The van der Waals surface area contributed by atoms with E-state index in [1.54, 1.807) is 0 Å². The van der Waals surface area contributed by atoms with E-state index in [9.17, 15) is 0 Å². The highest BCUT2D eigenvalue weighted by Gasteiger charge is 2.13. The lowest BCUT2D eigenvalue weighted by Gasteiger charge is -1.94. The Morgan fingerprint density at radius 3 is 2.71 bits per heavy atom. The van der Waals surface area contributed by atoms with Gasteiger partial charge in [-0.05, 0) is 24.3 Å². The Kier molecular flexibility index (Phi) is 2.01. The summed E-state index contributed by atoms with van der Waals surface area (Å²) in [7, 11) is 0. The molecule has 4 heteroatoms. The van der Waals surface area contributed by atoms with Crippen molar-refractivity contribution in [2.24, 2.45) is 0 Å². The number of hydrogen-bond donors (Lipinski definition) is 2. The Morgan fingerprint density at radius 1 is 0.857 bits per heavy atom. The zero-order chi connectivity index (χ0) is 14.0. The summed E-state index contributed by atoms with van der Waals surface area (Å²) in [5.41, 5.74) is 5.23. The lowest BCUT2D eigenvalue weighted by Crippen LogP contribution is -1.76. The Bertz CT molecular complexity index is 1150. The van der Waals surface area contributed by atoms with Crippen molar-refractivity contribution >= 4 is 55.3 Å². The van der Waals surface area contributed by atoms with E-state index in [2.05, 4.69) is 33.2 Å². The van der Waals surface area contributed by atoms with E-state index in [0.29, 0.717) is 0 Å². The number of aromatic amines is 2. The van der Waals surface area contributed by atoms with Crippen LogP contribution in [0.1, 0.15) is 0 Å². The molecule has 0 radical (unpaired) electrons. The molecule has 0 atom stereocenters. The molecule has 100 valence electrons. The summed E-state index contributed by atoms with van der Waals surface area (Å²) >= 11 is 6.09. The fraction of sp³-hybridized carbons (Fsp3) is 0. The molecule has 0 aliphatic rings. The minimum atomic E-state index is 0.726. The molecule has 3 aromatic heterocycles. The topological polar surface area (TPSA) is 44.5 Å². The number of nitrogens with one attached hydrogen (secondary N) is 2. The number of halogens is 1. The van der Waals surface area contributed by atoms with Gasteiger partial charge in [-0.2, -0.15) is 0 Å². The molecular weight excluding hydrogens is 282 g/mol. The van der Waals surface area contributed by atoms with Gasteiger partial charge in [0.1, 0.15) is 0 Å².